The number of hydrogen-bond acceptors (Lipinski definition) is 4. The van der Waals surface area contributed by atoms with Gasteiger partial charge in [0.1, 0.15) is 5.82 Å². The molecule has 166 valence electrons. The Labute approximate surface area is 188 Å². The molecule has 2 aromatic carbocycles. The largest absolute Gasteiger partial charge is 0.310 e. The van der Waals surface area contributed by atoms with Crippen molar-refractivity contribution in [1.82, 2.24) is 15.1 Å². The predicted octanol–water partition coefficient (Wildman–Crippen LogP) is 4.42. The number of likely N-dealkylation sites (N-methyl/N-ethyl adjacent to an activating group) is 1. The average molecular weight is 434 g/mol. The lowest BCUT2D eigenvalue weighted by Crippen LogP contribution is -2.46. The lowest BCUT2D eigenvalue weighted by atomic mass is 10.1. The number of aryl methyl sites for hydroxylation is 1. The number of carbonyl (C=O) groups excluding carboxylic acids is 1. The molecule has 0 radical (unpaired) electrons. The summed E-state index contributed by atoms with van der Waals surface area (Å²) in [6.45, 7) is 3.00. The van der Waals surface area contributed by atoms with Crippen LogP contribution in [0.3, 0.4) is 0 Å². The van der Waals surface area contributed by atoms with Gasteiger partial charge in [0.05, 0.1) is 24.2 Å². The number of nitrogens with one attached hydrogen (secondary N) is 1. The summed E-state index contributed by atoms with van der Waals surface area (Å²) < 4.78 is 13.1. The molecule has 1 aromatic heterocycles. The molecule has 1 heterocycles. The zero-order valence-electron chi connectivity index (χ0n) is 18.5. The number of anilines is 1. The summed E-state index contributed by atoms with van der Waals surface area (Å²) in [6.07, 6.45) is 1.92. The number of aromatic amines is 1. The van der Waals surface area contributed by atoms with Crippen molar-refractivity contribution in [2.24, 2.45) is 0 Å². The number of carbonyl (C=O) groups is 1. The first-order chi connectivity index (χ1) is 15.5. The van der Waals surface area contributed by atoms with Gasteiger partial charge in [-0.2, -0.15) is 10.4 Å². The third-order valence-electron chi connectivity index (χ3n) is 5.53. The normalized spacial score (nSPS) is 11.8. The second kappa shape index (κ2) is 11.2. The minimum absolute atomic E-state index is 0.0194. The van der Waals surface area contributed by atoms with Crippen LogP contribution in [0.25, 0.3) is 11.3 Å². The fourth-order valence-electron chi connectivity index (χ4n) is 3.52. The summed E-state index contributed by atoms with van der Waals surface area (Å²) >= 11 is 0. The highest BCUT2D eigenvalue weighted by Gasteiger charge is 2.24. The lowest BCUT2D eigenvalue weighted by Gasteiger charge is -2.30. The van der Waals surface area contributed by atoms with Crippen molar-refractivity contribution in [3.8, 4) is 17.3 Å². The van der Waals surface area contributed by atoms with E-state index in [-0.39, 0.29) is 24.2 Å². The quantitative estimate of drug-likeness (QED) is 0.514. The minimum Gasteiger partial charge on any atom is -0.310 e. The van der Waals surface area contributed by atoms with E-state index < -0.39 is 0 Å². The molecule has 1 atom stereocenters. The van der Waals surface area contributed by atoms with Crippen LogP contribution in [0.5, 0.6) is 0 Å². The first-order valence-corrected chi connectivity index (χ1v) is 10.7. The fraction of sp³-hybridized carbons (Fsp3) is 0.320. The number of hydrogen-bond donors (Lipinski definition) is 1. The first kappa shape index (κ1) is 23.2. The summed E-state index contributed by atoms with van der Waals surface area (Å²) in [5, 5.41) is 16.3. The fourth-order valence-corrected chi connectivity index (χ4v) is 3.52. The minimum atomic E-state index is -0.314. The molecule has 3 rings (SSSR count). The molecule has 1 unspecified atom stereocenters. The van der Waals surface area contributed by atoms with Crippen molar-refractivity contribution in [3.63, 3.8) is 0 Å². The molecule has 3 aromatic rings. The Morgan fingerprint density at radius 2 is 1.88 bits per heavy atom. The van der Waals surface area contributed by atoms with Crippen LogP contribution in [-0.4, -0.2) is 47.2 Å². The van der Waals surface area contributed by atoms with Crippen LogP contribution in [0.4, 0.5) is 10.1 Å². The van der Waals surface area contributed by atoms with E-state index in [0.717, 1.165) is 42.0 Å². The van der Waals surface area contributed by atoms with Crippen molar-refractivity contribution < 1.29 is 9.18 Å². The van der Waals surface area contributed by atoms with Crippen LogP contribution < -0.4 is 4.90 Å². The van der Waals surface area contributed by atoms with Gasteiger partial charge < -0.3 is 4.90 Å². The van der Waals surface area contributed by atoms with Crippen molar-refractivity contribution in [1.29, 1.82) is 5.26 Å². The molecule has 0 saturated heterocycles. The number of H-pyrrole nitrogens is 1. The number of nitriles is 1. The Morgan fingerprint density at radius 1 is 1.16 bits per heavy atom. The van der Waals surface area contributed by atoms with Crippen molar-refractivity contribution in [2.75, 3.05) is 25.0 Å². The Morgan fingerprint density at radius 3 is 2.56 bits per heavy atom. The van der Waals surface area contributed by atoms with Gasteiger partial charge in [0.15, 0.2) is 0 Å². The maximum atomic E-state index is 13.1. The number of para-hydroxylation sites is 1. The standard InChI is InChI=1S/C25H28FN5O/c1-19(25(32)31(17-7-15-27)23-9-4-3-5-10-23)30(2)16-6-8-22-18-24(29-28-22)20-11-13-21(26)14-12-20/h3-5,9-14,18-19H,6-8,16-17H2,1-2H3,(H,28,29). The van der Waals surface area contributed by atoms with Gasteiger partial charge in [-0.3, -0.25) is 14.8 Å². The molecule has 0 aliphatic carbocycles. The maximum Gasteiger partial charge on any atom is 0.244 e. The van der Waals surface area contributed by atoms with E-state index in [4.69, 9.17) is 5.26 Å². The molecule has 1 N–H and O–H groups in total. The summed E-state index contributed by atoms with van der Waals surface area (Å²) in [5.41, 5.74) is 3.45. The molecule has 0 bridgehead atoms. The van der Waals surface area contributed by atoms with Crippen molar-refractivity contribution >= 4 is 11.6 Å². The van der Waals surface area contributed by atoms with Gasteiger partial charge >= 0.3 is 0 Å². The van der Waals surface area contributed by atoms with E-state index in [1.54, 1.807) is 17.0 Å². The van der Waals surface area contributed by atoms with Crippen LogP contribution in [0.15, 0.2) is 60.7 Å². The molecule has 0 aliphatic heterocycles. The Hall–Kier alpha value is -3.50. The lowest BCUT2D eigenvalue weighted by molar-refractivity contribution is -0.122. The third kappa shape index (κ3) is 6.02. The second-order valence-electron chi connectivity index (χ2n) is 7.78. The average Bonchev–Trinajstić information content (AvgIpc) is 3.28. The summed E-state index contributed by atoms with van der Waals surface area (Å²) in [5.74, 6) is -0.288. The zero-order valence-corrected chi connectivity index (χ0v) is 18.5. The van der Waals surface area contributed by atoms with Gasteiger partial charge in [-0.15, -0.1) is 0 Å². The van der Waals surface area contributed by atoms with Gasteiger partial charge in [0, 0.05) is 23.5 Å². The predicted molar refractivity (Wildman–Crippen MR) is 123 cm³/mol. The second-order valence-corrected chi connectivity index (χ2v) is 7.78. The van der Waals surface area contributed by atoms with E-state index in [1.165, 1.54) is 12.1 Å². The maximum absolute atomic E-state index is 13.1. The van der Waals surface area contributed by atoms with E-state index in [9.17, 15) is 9.18 Å². The van der Waals surface area contributed by atoms with Gasteiger partial charge in [-0.05, 0) is 75.8 Å². The molecular weight excluding hydrogens is 405 g/mol. The molecule has 32 heavy (non-hydrogen) atoms. The highest BCUT2D eigenvalue weighted by Crippen LogP contribution is 2.19. The molecular formula is C25H28FN5O. The van der Waals surface area contributed by atoms with E-state index >= 15 is 0 Å². The van der Waals surface area contributed by atoms with Gasteiger partial charge in [-0.1, -0.05) is 18.2 Å². The van der Waals surface area contributed by atoms with E-state index in [2.05, 4.69) is 16.3 Å². The Balaban J connectivity index is 1.54. The zero-order chi connectivity index (χ0) is 22.9. The van der Waals surface area contributed by atoms with E-state index in [1.807, 2.05) is 55.3 Å². The SMILES string of the molecule is CC(C(=O)N(CCC#N)c1ccccc1)N(C)CCCc1cc(-c2ccc(F)cc2)n[nH]1. The summed E-state index contributed by atoms with van der Waals surface area (Å²) in [6, 6.07) is 19.5. The number of rotatable bonds is 10. The van der Waals surface area contributed by atoms with Gasteiger partial charge in [0.25, 0.3) is 0 Å². The number of amides is 1. The van der Waals surface area contributed by atoms with Crippen LogP contribution in [0, 0.1) is 17.1 Å². The molecule has 6 nitrogen and oxygen atoms in total. The molecule has 0 spiro atoms. The number of nitrogens with zero attached hydrogens (tertiary/aromatic N) is 4. The Bertz CT molecular complexity index is 1040. The van der Waals surface area contributed by atoms with Crippen LogP contribution >= 0.6 is 0 Å². The molecule has 1 amide bonds. The molecule has 0 aliphatic rings. The van der Waals surface area contributed by atoms with Crippen molar-refractivity contribution in [3.05, 3.63) is 72.2 Å². The Kier molecular flexibility index (Phi) is 8.12. The topological polar surface area (TPSA) is 76.0 Å². The molecule has 0 fully saturated rings. The number of halogens is 1. The van der Waals surface area contributed by atoms with Gasteiger partial charge in [0.2, 0.25) is 5.91 Å². The van der Waals surface area contributed by atoms with E-state index in [0.29, 0.717) is 6.54 Å². The van der Waals surface area contributed by atoms with Crippen LogP contribution in [0.1, 0.15) is 25.5 Å². The highest BCUT2D eigenvalue weighted by atomic mass is 19.1. The summed E-state index contributed by atoms with van der Waals surface area (Å²) in [7, 11) is 1.94. The first-order valence-electron chi connectivity index (χ1n) is 10.7. The third-order valence-corrected chi connectivity index (χ3v) is 5.53. The smallest absolute Gasteiger partial charge is 0.244 e. The van der Waals surface area contributed by atoms with Crippen molar-refractivity contribution in [2.45, 2.75) is 32.2 Å². The number of aromatic nitrogens is 2. The highest BCUT2D eigenvalue weighted by molar-refractivity contribution is 5.96. The number of benzene rings is 2. The molecule has 0 saturated carbocycles. The summed E-state index contributed by atoms with van der Waals surface area (Å²) in [4.78, 5) is 16.9. The monoisotopic (exact) mass is 433 g/mol. The van der Waals surface area contributed by atoms with Crippen LogP contribution in [0.2, 0.25) is 0 Å². The molecule has 7 heteroatoms. The van der Waals surface area contributed by atoms with Crippen LogP contribution in [-0.2, 0) is 11.2 Å². The van der Waals surface area contributed by atoms with Gasteiger partial charge in [-0.25, -0.2) is 4.39 Å².